The van der Waals surface area contributed by atoms with E-state index in [1.807, 2.05) is 17.0 Å². The van der Waals surface area contributed by atoms with Crippen LogP contribution in [0, 0.1) is 5.92 Å². The van der Waals surface area contributed by atoms with Crippen molar-refractivity contribution in [2.75, 3.05) is 18.0 Å². The number of halogens is 1. The number of anilines is 1. The molecule has 0 saturated carbocycles. The topological polar surface area (TPSA) is 83.6 Å². The van der Waals surface area contributed by atoms with Crippen molar-refractivity contribution in [3.05, 3.63) is 34.3 Å². The molecule has 0 spiro atoms. The predicted molar refractivity (Wildman–Crippen MR) is 87.1 cm³/mol. The summed E-state index contributed by atoms with van der Waals surface area (Å²) in [5.74, 6) is -1.01. The molecule has 114 valence electrons. The van der Waals surface area contributed by atoms with Gasteiger partial charge in [-0.1, -0.05) is 19.9 Å². The number of nitrogens with zero attached hydrogens (tertiary/aromatic N) is 1. The van der Waals surface area contributed by atoms with E-state index < -0.39 is 11.9 Å². The number of hydrogen-bond donors (Lipinski definition) is 2. The van der Waals surface area contributed by atoms with Crippen LogP contribution in [0.1, 0.15) is 19.4 Å². The molecule has 0 aliphatic heterocycles. The van der Waals surface area contributed by atoms with Crippen LogP contribution in [0.3, 0.4) is 0 Å². The summed E-state index contributed by atoms with van der Waals surface area (Å²) in [6, 6.07) is 5.45. The number of primary amides is 1. The number of carbonyl (C=O) groups is 2. The standard InChI is InChI=1S/C15H19BrN2O3/c1-10(2)8-18(9-14(17)19)13-5-3-11(7-12(13)16)4-6-15(20)21/h3-7,10H,8-9H2,1-2H3,(H2,17,19)(H,20,21)/b6-4+. The summed E-state index contributed by atoms with van der Waals surface area (Å²) in [5, 5.41) is 8.63. The average molecular weight is 355 g/mol. The molecule has 0 aliphatic rings. The highest BCUT2D eigenvalue weighted by Crippen LogP contribution is 2.28. The van der Waals surface area contributed by atoms with Gasteiger partial charge in [0.05, 0.1) is 12.2 Å². The largest absolute Gasteiger partial charge is 0.478 e. The summed E-state index contributed by atoms with van der Waals surface area (Å²) < 4.78 is 0.789. The monoisotopic (exact) mass is 354 g/mol. The Morgan fingerprint density at radius 2 is 2.10 bits per heavy atom. The van der Waals surface area contributed by atoms with E-state index in [0.717, 1.165) is 21.8 Å². The molecule has 0 heterocycles. The SMILES string of the molecule is CC(C)CN(CC(N)=O)c1ccc(/C=C/C(=O)O)cc1Br. The normalized spacial score (nSPS) is 11.0. The molecule has 1 aromatic carbocycles. The molecule has 5 nitrogen and oxygen atoms in total. The Balaban J connectivity index is 3.03. The second kappa shape index (κ2) is 7.83. The van der Waals surface area contributed by atoms with Gasteiger partial charge in [-0.3, -0.25) is 4.79 Å². The molecule has 1 rings (SSSR count). The fourth-order valence-corrected chi connectivity index (χ4v) is 2.58. The Labute approximate surface area is 132 Å². The summed E-state index contributed by atoms with van der Waals surface area (Å²) in [6.45, 7) is 4.96. The highest BCUT2D eigenvalue weighted by molar-refractivity contribution is 9.10. The maximum atomic E-state index is 11.2. The smallest absolute Gasteiger partial charge is 0.328 e. The summed E-state index contributed by atoms with van der Waals surface area (Å²) >= 11 is 3.46. The second-order valence-electron chi connectivity index (χ2n) is 5.12. The highest BCUT2D eigenvalue weighted by Gasteiger charge is 2.14. The van der Waals surface area contributed by atoms with E-state index in [-0.39, 0.29) is 6.54 Å². The number of carboxylic acid groups (broad SMARTS) is 1. The van der Waals surface area contributed by atoms with Gasteiger partial charge in [0.15, 0.2) is 0 Å². The molecule has 0 aromatic heterocycles. The number of aliphatic carboxylic acids is 1. The van der Waals surface area contributed by atoms with Gasteiger partial charge >= 0.3 is 5.97 Å². The zero-order chi connectivity index (χ0) is 16.0. The summed E-state index contributed by atoms with van der Waals surface area (Å²) in [4.78, 5) is 23.6. The molecule has 0 unspecified atom stereocenters. The molecule has 0 radical (unpaired) electrons. The molecule has 0 aliphatic carbocycles. The zero-order valence-corrected chi connectivity index (χ0v) is 13.6. The third-order valence-electron chi connectivity index (χ3n) is 2.66. The molecule has 21 heavy (non-hydrogen) atoms. The maximum Gasteiger partial charge on any atom is 0.328 e. The van der Waals surface area contributed by atoms with E-state index in [1.54, 1.807) is 6.07 Å². The van der Waals surface area contributed by atoms with Gasteiger partial charge in [-0.05, 0) is 45.6 Å². The molecular weight excluding hydrogens is 336 g/mol. The van der Waals surface area contributed by atoms with Gasteiger partial charge in [-0.25, -0.2) is 4.79 Å². The molecule has 1 amide bonds. The van der Waals surface area contributed by atoms with Crippen LogP contribution in [0.2, 0.25) is 0 Å². The predicted octanol–water partition coefficient (Wildman–Crippen LogP) is 2.49. The Morgan fingerprint density at radius 1 is 1.43 bits per heavy atom. The molecule has 0 bridgehead atoms. The van der Waals surface area contributed by atoms with Crippen molar-refractivity contribution in [3.63, 3.8) is 0 Å². The van der Waals surface area contributed by atoms with Crippen LogP contribution in [-0.4, -0.2) is 30.1 Å². The molecule has 6 heteroatoms. The minimum atomic E-state index is -0.995. The quantitative estimate of drug-likeness (QED) is 0.736. The van der Waals surface area contributed by atoms with Crippen LogP contribution in [-0.2, 0) is 9.59 Å². The first-order chi connectivity index (χ1) is 9.79. The van der Waals surface area contributed by atoms with Gasteiger partial charge in [-0.15, -0.1) is 0 Å². The van der Waals surface area contributed by atoms with Crippen molar-refractivity contribution >= 4 is 39.6 Å². The molecular formula is C15H19BrN2O3. The lowest BCUT2D eigenvalue weighted by molar-refractivity contribution is -0.131. The van der Waals surface area contributed by atoms with E-state index in [4.69, 9.17) is 10.8 Å². The number of benzene rings is 1. The minimum absolute atomic E-state index is 0.140. The van der Waals surface area contributed by atoms with Crippen LogP contribution in [0.25, 0.3) is 6.08 Å². The number of hydrogen-bond acceptors (Lipinski definition) is 3. The van der Waals surface area contributed by atoms with Crippen LogP contribution >= 0.6 is 15.9 Å². The fraction of sp³-hybridized carbons (Fsp3) is 0.333. The van der Waals surface area contributed by atoms with Crippen LogP contribution in [0.4, 0.5) is 5.69 Å². The van der Waals surface area contributed by atoms with E-state index in [9.17, 15) is 9.59 Å². The van der Waals surface area contributed by atoms with E-state index in [0.29, 0.717) is 12.5 Å². The van der Waals surface area contributed by atoms with E-state index in [2.05, 4.69) is 29.8 Å². The first-order valence-electron chi connectivity index (χ1n) is 6.53. The van der Waals surface area contributed by atoms with Crippen LogP contribution in [0.5, 0.6) is 0 Å². The Kier molecular flexibility index (Phi) is 6.42. The zero-order valence-electron chi connectivity index (χ0n) is 12.0. The lowest BCUT2D eigenvalue weighted by atomic mass is 10.1. The maximum absolute atomic E-state index is 11.2. The van der Waals surface area contributed by atoms with Gasteiger partial charge in [-0.2, -0.15) is 0 Å². The molecule has 0 fully saturated rings. The second-order valence-corrected chi connectivity index (χ2v) is 5.98. The number of carbonyl (C=O) groups excluding carboxylic acids is 1. The van der Waals surface area contributed by atoms with Crippen molar-refractivity contribution in [3.8, 4) is 0 Å². The van der Waals surface area contributed by atoms with Crippen molar-refractivity contribution in [1.29, 1.82) is 0 Å². The van der Waals surface area contributed by atoms with E-state index >= 15 is 0 Å². The minimum Gasteiger partial charge on any atom is -0.478 e. The van der Waals surface area contributed by atoms with Crippen LogP contribution in [0.15, 0.2) is 28.7 Å². The number of nitrogens with two attached hydrogens (primary N) is 1. The third-order valence-corrected chi connectivity index (χ3v) is 3.30. The van der Waals surface area contributed by atoms with Crippen molar-refractivity contribution in [2.24, 2.45) is 11.7 Å². The summed E-state index contributed by atoms with van der Waals surface area (Å²) in [7, 11) is 0. The molecule has 1 aromatic rings. The lowest BCUT2D eigenvalue weighted by Gasteiger charge is -2.26. The molecule has 0 saturated heterocycles. The Hall–Kier alpha value is -1.82. The third kappa shape index (κ3) is 5.99. The number of carboxylic acids is 1. The van der Waals surface area contributed by atoms with Crippen molar-refractivity contribution in [2.45, 2.75) is 13.8 Å². The van der Waals surface area contributed by atoms with Gasteiger partial charge < -0.3 is 15.7 Å². The first-order valence-corrected chi connectivity index (χ1v) is 7.32. The fourth-order valence-electron chi connectivity index (χ4n) is 1.93. The van der Waals surface area contributed by atoms with Crippen molar-refractivity contribution in [1.82, 2.24) is 0 Å². The number of rotatable bonds is 7. The molecule has 3 N–H and O–H groups in total. The average Bonchev–Trinajstić information content (AvgIpc) is 2.34. The first kappa shape index (κ1) is 17.2. The summed E-state index contributed by atoms with van der Waals surface area (Å²) in [5.41, 5.74) is 6.91. The summed E-state index contributed by atoms with van der Waals surface area (Å²) in [6.07, 6.45) is 2.59. The van der Waals surface area contributed by atoms with Crippen molar-refractivity contribution < 1.29 is 14.7 Å². The highest BCUT2D eigenvalue weighted by atomic mass is 79.9. The van der Waals surface area contributed by atoms with E-state index in [1.165, 1.54) is 6.08 Å². The van der Waals surface area contributed by atoms with Gasteiger partial charge in [0.2, 0.25) is 5.91 Å². The van der Waals surface area contributed by atoms with Gasteiger partial charge in [0, 0.05) is 17.1 Å². The number of amides is 1. The Bertz CT molecular complexity index is 556. The lowest BCUT2D eigenvalue weighted by Crippen LogP contribution is -2.36. The molecule has 0 atom stereocenters. The van der Waals surface area contributed by atoms with Gasteiger partial charge in [0.1, 0.15) is 0 Å². The van der Waals surface area contributed by atoms with Crippen LogP contribution < -0.4 is 10.6 Å². The van der Waals surface area contributed by atoms with Gasteiger partial charge in [0.25, 0.3) is 0 Å². The Morgan fingerprint density at radius 3 is 2.57 bits per heavy atom.